The number of cyclic esters (lactones) is 1. The van der Waals surface area contributed by atoms with Gasteiger partial charge < -0.3 is 19.0 Å². The molecule has 4 rings (SSSR count). The highest BCUT2D eigenvalue weighted by atomic mass is 16.6. The molecule has 7 nitrogen and oxygen atoms in total. The Bertz CT molecular complexity index is 869. The van der Waals surface area contributed by atoms with Crippen LogP contribution in [-0.2, 0) is 23.9 Å². The summed E-state index contributed by atoms with van der Waals surface area (Å²) in [6, 6.07) is 1.68. The molecule has 7 heteroatoms. The lowest BCUT2D eigenvalue weighted by Gasteiger charge is -2.60. The Labute approximate surface area is 162 Å². The molecule has 2 heterocycles. The van der Waals surface area contributed by atoms with E-state index in [1.807, 2.05) is 0 Å². The summed E-state index contributed by atoms with van der Waals surface area (Å²) in [4.78, 5) is 39.2. The van der Waals surface area contributed by atoms with Gasteiger partial charge in [0.15, 0.2) is 5.78 Å². The second-order valence-corrected chi connectivity index (χ2v) is 8.41. The van der Waals surface area contributed by atoms with E-state index in [2.05, 4.69) is 0 Å². The molecule has 3 aliphatic rings. The van der Waals surface area contributed by atoms with E-state index in [1.54, 1.807) is 19.9 Å². The molecule has 2 fully saturated rings. The zero-order valence-corrected chi connectivity index (χ0v) is 16.2. The summed E-state index contributed by atoms with van der Waals surface area (Å²) >= 11 is 0. The zero-order valence-electron chi connectivity index (χ0n) is 16.2. The summed E-state index contributed by atoms with van der Waals surface area (Å²) in [7, 11) is 1.27. The Morgan fingerprint density at radius 3 is 2.71 bits per heavy atom. The predicted molar refractivity (Wildman–Crippen MR) is 95.8 cm³/mol. The third-order valence-corrected chi connectivity index (χ3v) is 7.09. The number of aliphatic hydroxyl groups is 1. The number of carbonyl (C=O) groups is 3. The van der Waals surface area contributed by atoms with Gasteiger partial charge in [-0.2, -0.15) is 0 Å². The van der Waals surface area contributed by atoms with Crippen LogP contribution in [0.4, 0.5) is 0 Å². The average molecular weight is 388 g/mol. The first-order chi connectivity index (χ1) is 13.2. The Hall–Kier alpha value is -2.41. The molecule has 0 bridgehead atoms. The SMILES string of the molecule is COC(=O)[C@]1(C)CCC[C@]23C(=O)O[C@@H](c4ccoc4)C[C@@]2(O)C(C)=CC(=O)[C@H]13. The lowest BCUT2D eigenvalue weighted by atomic mass is 9.44. The van der Waals surface area contributed by atoms with Crippen molar-refractivity contribution in [3.63, 3.8) is 0 Å². The lowest BCUT2D eigenvalue weighted by molar-refractivity contribution is -0.232. The van der Waals surface area contributed by atoms with Crippen molar-refractivity contribution >= 4 is 17.7 Å². The van der Waals surface area contributed by atoms with E-state index in [0.717, 1.165) is 0 Å². The number of ketones is 1. The summed E-state index contributed by atoms with van der Waals surface area (Å²) in [6.07, 6.45) is 4.91. The molecule has 0 radical (unpaired) electrons. The minimum atomic E-state index is -1.60. The maximum Gasteiger partial charge on any atom is 0.316 e. The molecule has 0 aromatic carbocycles. The minimum Gasteiger partial charge on any atom is -0.472 e. The number of rotatable bonds is 2. The summed E-state index contributed by atoms with van der Waals surface area (Å²) in [5.74, 6) is -2.57. The molecule has 1 spiro atoms. The van der Waals surface area contributed by atoms with Crippen molar-refractivity contribution in [1.82, 2.24) is 0 Å². The molecule has 5 atom stereocenters. The summed E-state index contributed by atoms with van der Waals surface area (Å²) in [5, 5.41) is 11.9. The molecule has 0 unspecified atom stereocenters. The fourth-order valence-electron chi connectivity index (χ4n) is 5.71. The van der Waals surface area contributed by atoms with Crippen molar-refractivity contribution in [2.75, 3.05) is 7.11 Å². The molecule has 0 amide bonds. The third-order valence-electron chi connectivity index (χ3n) is 7.09. The lowest BCUT2D eigenvalue weighted by Crippen LogP contribution is -2.70. The average Bonchev–Trinajstić information content (AvgIpc) is 3.18. The van der Waals surface area contributed by atoms with Gasteiger partial charge in [-0.15, -0.1) is 0 Å². The standard InChI is InChI=1S/C21H24O7/c1-12-9-14(22)16-19(2,17(23)26-3)6-4-7-20(16)18(24)28-15(10-21(12,20)25)13-5-8-27-11-13/h5,8-9,11,15-16,25H,4,6-7,10H2,1-3H3/t15-,16-,19-,20+,21-/m1/s1. The van der Waals surface area contributed by atoms with E-state index in [-0.39, 0.29) is 18.6 Å². The fourth-order valence-corrected chi connectivity index (χ4v) is 5.71. The van der Waals surface area contributed by atoms with Gasteiger partial charge in [-0.3, -0.25) is 14.4 Å². The Kier molecular flexibility index (Phi) is 4.08. The molecule has 1 aromatic heterocycles. The molecule has 1 aromatic rings. The van der Waals surface area contributed by atoms with E-state index in [1.165, 1.54) is 25.7 Å². The molecule has 1 saturated heterocycles. The number of ether oxygens (including phenoxy) is 2. The highest BCUT2D eigenvalue weighted by molar-refractivity contribution is 6.03. The van der Waals surface area contributed by atoms with Crippen LogP contribution < -0.4 is 0 Å². The van der Waals surface area contributed by atoms with Crippen LogP contribution in [-0.4, -0.2) is 35.5 Å². The van der Waals surface area contributed by atoms with Gasteiger partial charge in [-0.05, 0) is 44.4 Å². The Morgan fingerprint density at radius 1 is 1.32 bits per heavy atom. The van der Waals surface area contributed by atoms with Crippen molar-refractivity contribution in [3.8, 4) is 0 Å². The monoisotopic (exact) mass is 388 g/mol. The quantitative estimate of drug-likeness (QED) is 0.777. The second kappa shape index (κ2) is 6.04. The number of furan rings is 1. The second-order valence-electron chi connectivity index (χ2n) is 8.41. The number of methoxy groups -OCH3 is 1. The third kappa shape index (κ3) is 2.16. The fraction of sp³-hybridized carbons (Fsp3) is 0.571. The van der Waals surface area contributed by atoms with Gasteiger partial charge in [0.1, 0.15) is 17.1 Å². The Morgan fingerprint density at radius 2 is 2.07 bits per heavy atom. The van der Waals surface area contributed by atoms with Gasteiger partial charge in [0, 0.05) is 12.0 Å². The zero-order chi connectivity index (χ0) is 20.3. The normalized spacial score (nSPS) is 40.1. The molecular weight excluding hydrogens is 364 g/mol. The number of allylic oxidation sites excluding steroid dienone is 1. The van der Waals surface area contributed by atoms with Crippen LogP contribution in [0.15, 0.2) is 34.7 Å². The van der Waals surface area contributed by atoms with Crippen LogP contribution >= 0.6 is 0 Å². The number of hydrogen-bond acceptors (Lipinski definition) is 7. The number of esters is 2. The van der Waals surface area contributed by atoms with E-state index in [0.29, 0.717) is 24.0 Å². The van der Waals surface area contributed by atoms with E-state index in [4.69, 9.17) is 13.9 Å². The van der Waals surface area contributed by atoms with Gasteiger partial charge >= 0.3 is 11.9 Å². The van der Waals surface area contributed by atoms with Crippen LogP contribution in [0.5, 0.6) is 0 Å². The minimum absolute atomic E-state index is 0.0988. The summed E-state index contributed by atoms with van der Waals surface area (Å²) in [5.41, 5.74) is -3.25. The maximum atomic E-state index is 13.4. The first-order valence-corrected chi connectivity index (χ1v) is 9.47. The molecule has 28 heavy (non-hydrogen) atoms. The van der Waals surface area contributed by atoms with Crippen molar-refractivity contribution in [2.45, 2.75) is 51.2 Å². The van der Waals surface area contributed by atoms with Crippen molar-refractivity contribution in [3.05, 3.63) is 35.8 Å². The van der Waals surface area contributed by atoms with Crippen molar-refractivity contribution < 1.29 is 33.4 Å². The van der Waals surface area contributed by atoms with E-state index in [9.17, 15) is 19.5 Å². The van der Waals surface area contributed by atoms with E-state index >= 15 is 0 Å². The molecule has 2 aliphatic carbocycles. The molecular formula is C21H24O7. The van der Waals surface area contributed by atoms with Crippen LogP contribution in [0, 0.1) is 16.7 Å². The van der Waals surface area contributed by atoms with Crippen LogP contribution in [0.3, 0.4) is 0 Å². The first kappa shape index (κ1) is 18.9. The summed E-state index contributed by atoms with van der Waals surface area (Å²) < 4.78 is 15.8. The highest BCUT2D eigenvalue weighted by Gasteiger charge is 2.74. The van der Waals surface area contributed by atoms with Gasteiger partial charge in [0.25, 0.3) is 0 Å². The van der Waals surface area contributed by atoms with Crippen molar-refractivity contribution in [1.29, 1.82) is 0 Å². The van der Waals surface area contributed by atoms with Crippen LogP contribution in [0.1, 0.15) is 51.2 Å². The summed E-state index contributed by atoms with van der Waals surface area (Å²) in [6.45, 7) is 3.30. The van der Waals surface area contributed by atoms with Crippen molar-refractivity contribution in [2.24, 2.45) is 16.7 Å². The molecule has 1 N–H and O–H groups in total. The highest BCUT2D eigenvalue weighted by Crippen LogP contribution is 2.65. The smallest absolute Gasteiger partial charge is 0.316 e. The molecule has 1 aliphatic heterocycles. The van der Waals surface area contributed by atoms with Gasteiger partial charge in [0.2, 0.25) is 0 Å². The number of carbonyl (C=O) groups excluding carboxylic acids is 3. The first-order valence-electron chi connectivity index (χ1n) is 9.47. The van der Waals surface area contributed by atoms with Gasteiger partial charge in [-0.25, -0.2) is 0 Å². The van der Waals surface area contributed by atoms with E-state index < -0.39 is 40.4 Å². The van der Waals surface area contributed by atoms with Crippen LogP contribution in [0.2, 0.25) is 0 Å². The van der Waals surface area contributed by atoms with Crippen LogP contribution in [0.25, 0.3) is 0 Å². The maximum absolute atomic E-state index is 13.4. The predicted octanol–water partition coefficient (Wildman–Crippen LogP) is 2.49. The largest absolute Gasteiger partial charge is 0.472 e. The topological polar surface area (TPSA) is 103 Å². The number of hydrogen-bond donors (Lipinski definition) is 1. The van der Waals surface area contributed by atoms with Gasteiger partial charge in [-0.1, -0.05) is 6.42 Å². The molecule has 1 saturated carbocycles. The molecule has 150 valence electrons. The van der Waals surface area contributed by atoms with Gasteiger partial charge in [0.05, 0.1) is 31.0 Å². The Balaban J connectivity index is 1.89.